The molecule has 0 unspecified atom stereocenters. The van der Waals surface area contributed by atoms with Crippen molar-refractivity contribution in [2.45, 2.75) is 26.3 Å². The van der Waals surface area contributed by atoms with Crippen LogP contribution in [0.25, 0.3) is 0 Å². The number of benzene rings is 1. The van der Waals surface area contributed by atoms with E-state index in [1.54, 1.807) is 4.57 Å². The molecule has 0 aliphatic heterocycles. The topological polar surface area (TPSA) is 31.2 Å². The van der Waals surface area contributed by atoms with Crippen LogP contribution in [0, 0.1) is 6.92 Å². The molecule has 0 bridgehead atoms. The van der Waals surface area contributed by atoms with Gasteiger partial charge in [-0.3, -0.25) is 4.79 Å². The second kappa shape index (κ2) is 7.15. The summed E-state index contributed by atoms with van der Waals surface area (Å²) in [6, 6.07) is 11.1. The number of nitrogens with zero attached hydrogens (tertiary/aromatic N) is 1. The zero-order chi connectivity index (χ0) is 14.4. The SMILES string of the molecule is Cc1cccn(CCCCOc2ccc(Cl)cc2)c1=O. The lowest BCUT2D eigenvalue weighted by molar-refractivity contribution is 0.303. The van der Waals surface area contributed by atoms with Crippen molar-refractivity contribution >= 4 is 11.6 Å². The summed E-state index contributed by atoms with van der Waals surface area (Å²) >= 11 is 5.80. The largest absolute Gasteiger partial charge is 0.494 e. The lowest BCUT2D eigenvalue weighted by Gasteiger charge is -2.08. The molecule has 3 nitrogen and oxygen atoms in total. The van der Waals surface area contributed by atoms with Crippen LogP contribution in [0.3, 0.4) is 0 Å². The fourth-order valence-corrected chi connectivity index (χ4v) is 2.06. The quantitative estimate of drug-likeness (QED) is 0.761. The molecule has 0 radical (unpaired) electrons. The monoisotopic (exact) mass is 291 g/mol. The normalized spacial score (nSPS) is 10.5. The van der Waals surface area contributed by atoms with Crippen molar-refractivity contribution in [1.82, 2.24) is 4.57 Å². The van der Waals surface area contributed by atoms with Crippen LogP contribution >= 0.6 is 11.6 Å². The van der Waals surface area contributed by atoms with Crippen LogP contribution in [0.5, 0.6) is 5.75 Å². The van der Waals surface area contributed by atoms with Crippen molar-refractivity contribution in [2.75, 3.05) is 6.61 Å². The van der Waals surface area contributed by atoms with Gasteiger partial charge in [-0.05, 0) is 50.1 Å². The van der Waals surface area contributed by atoms with Crippen LogP contribution in [0.4, 0.5) is 0 Å². The van der Waals surface area contributed by atoms with E-state index in [4.69, 9.17) is 16.3 Å². The van der Waals surface area contributed by atoms with Crippen LogP contribution in [0.1, 0.15) is 18.4 Å². The van der Waals surface area contributed by atoms with Crippen molar-refractivity contribution in [3.8, 4) is 5.75 Å². The first-order valence-corrected chi connectivity index (χ1v) is 7.09. The van der Waals surface area contributed by atoms with Gasteiger partial charge in [-0.1, -0.05) is 17.7 Å². The Balaban J connectivity index is 1.73. The molecule has 1 heterocycles. The third-order valence-electron chi connectivity index (χ3n) is 3.09. The first-order chi connectivity index (χ1) is 9.66. The van der Waals surface area contributed by atoms with Gasteiger partial charge >= 0.3 is 0 Å². The van der Waals surface area contributed by atoms with Gasteiger partial charge in [0.2, 0.25) is 0 Å². The first-order valence-electron chi connectivity index (χ1n) is 6.71. The van der Waals surface area contributed by atoms with Crippen LogP contribution in [0.2, 0.25) is 5.02 Å². The average molecular weight is 292 g/mol. The second-order valence-electron chi connectivity index (χ2n) is 4.70. The number of aryl methyl sites for hydroxylation is 2. The molecule has 2 aromatic rings. The number of hydrogen-bond donors (Lipinski definition) is 0. The molecular weight excluding hydrogens is 274 g/mol. The Morgan fingerprint density at radius 2 is 1.90 bits per heavy atom. The van der Waals surface area contributed by atoms with E-state index in [1.165, 1.54) is 0 Å². The summed E-state index contributed by atoms with van der Waals surface area (Å²) in [5.41, 5.74) is 0.871. The summed E-state index contributed by atoms with van der Waals surface area (Å²) in [7, 11) is 0. The first kappa shape index (κ1) is 14.7. The fraction of sp³-hybridized carbons (Fsp3) is 0.312. The van der Waals surface area contributed by atoms with E-state index in [0.29, 0.717) is 11.6 Å². The zero-order valence-corrected chi connectivity index (χ0v) is 12.3. The summed E-state index contributed by atoms with van der Waals surface area (Å²) in [5.74, 6) is 0.821. The minimum Gasteiger partial charge on any atom is -0.494 e. The Morgan fingerprint density at radius 1 is 1.15 bits per heavy atom. The molecule has 0 amide bonds. The van der Waals surface area contributed by atoms with Gasteiger partial charge in [0.1, 0.15) is 5.75 Å². The Kier molecular flexibility index (Phi) is 5.24. The molecule has 0 fully saturated rings. The van der Waals surface area contributed by atoms with Crippen molar-refractivity contribution in [1.29, 1.82) is 0 Å². The van der Waals surface area contributed by atoms with Gasteiger partial charge in [-0.15, -0.1) is 0 Å². The van der Waals surface area contributed by atoms with E-state index in [0.717, 1.165) is 30.7 Å². The summed E-state index contributed by atoms with van der Waals surface area (Å²) < 4.78 is 7.35. The number of ether oxygens (including phenoxy) is 1. The second-order valence-corrected chi connectivity index (χ2v) is 5.14. The molecule has 4 heteroatoms. The van der Waals surface area contributed by atoms with Gasteiger partial charge in [-0.2, -0.15) is 0 Å². The maximum absolute atomic E-state index is 11.8. The standard InChI is InChI=1S/C16H18ClNO2/c1-13-5-4-11-18(16(13)19)10-2-3-12-20-15-8-6-14(17)7-9-15/h4-9,11H,2-3,10,12H2,1H3. The van der Waals surface area contributed by atoms with Gasteiger partial charge in [0.15, 0.2) is 0 Å². The predicted molar refractivity (Wildman–Crippen MR) is 81.6 cm³/mol. The molecule has 0 N–H and O–H groups in total. The molecule has 0 spiro atoms. The third kappa shape index (κ3) is 4.14. The summed E-state index contributed by atoms with van der Waals surface area (Å²) in [6.45, 7) is 3.20. The molecule has 0 saturated heterocycles. The van der Waals surface area contributed by atoms with Crippen molar-refractivity contribution < 1.29 is 4.74 Å². The van der Waals surface area contributed by atoms with Crippen LogP contribution in [-0.4, -0.2) is 11.2 Å². The van der Waals surface area contributed by atoms with Crippen molar-refractivity contribution in [2.24, 2.45) is 0 Å². The van der Waals surface area contributed by atoms with Gasteiger partial charge in [0, 0.05) is 23.3 Å². The van der Waals surface area contributed by atoms with Crippen LogP contribution in [0.15, 0.2) is 47.4 Å². The van der Waals surface area contributed by atoms with E-state index in [-0.39, 0.29) is 5.56 Å². The third-order valence-corrected chi connectivity index (χ3v) is 3.34. The highest BCUT2D eigenvalue weighted by Crippen LogP contribution is 2.15. The van der Waals surface area contributed by atoms with Crippen molar-refractivity contribution in [3.63, 3.8) is 0 Å². The summed E-state index contributed by atoms with van der Waals surface area (Å²) in [4.78, 5) is 11.8. The van der Waals surface area contributed by atoms with Gasteiger partial charge < -0.3 is 9.30 Å². The Labute approximate surface area is 123 Å². The molecule has 1 aromatic heterocycles. The van der Waals surface area contributed by atoms with Gasteiger partial charge in [0.05, 0.1) is 6.61 Å². The molecule has 0 saturated carbocycles. The molecule has 0 aliphatic carbocycles. The van der Waals surface area contributed by atoms with Gasteiger partial charge in [0.25, 0.3) is 5.56 Å². The fourth-order valence-electron chi connectivity index (χ4n) is 1.94. The molecular formula is C16H18ClNO2. The zero-order valence-electron chi connectivity index (χ0n) is 11.5. The molecule has 0 aliphatic rings. The molecule has 2 rings (SSSR count). The van der Waals surface area contributed by atoms with E-state index >= 15 is 0 Å². The van der Waals surface area contributed by atoms with E-state index in [9.17, 15) is 4.79 Å². The van der Waals surface area contributed by atoms with E-state index in [1.807, 2.05) is 49.5 Å². The lowest BCUT2D eigenvalue weighted by Crippen LogP contribution is -2.21. The molecule has 1 aromatic carbocycles. The Morgan fingerprint density at radius 3 is 2.65 bits per heavy atom. The lowest BCUT2D eigenvalue weighted by atomic mass is 10.3. The van der Waals surface area contributed by atoms with Crippen LogP contribution in [-0.2, 0) is 6.54 Å². The molecule has 106 valence electrons. The predicted octanol–water partition coefficient (Wildman–Crippen LogP) is 3.67. The highest BCUT2D eigenvalue weighted by atomic mass is 35.5. The smallest absolute Gasteiger partial charge is 0.253 e. The number of pyridine rings is 1. The summed E-state index contributed by atoms with van der Waals surface area (Å²) in [6.07, 6.45) is 3.65. The van der Waals surface area contributed by atoms with E-state index in [2.05, 4.69) is 0 Å². The Bertz CT molecular complexity index is 605. The highest BCUT2D eigenvalue weighted by Gasteiger charge is 1.99. The molecule has 0 atom stereocenters. The minimum absolute atomic E-state index is 0.0890. The number of hydrogen-bond acceptors (Lipinski definition) is 2. The average Bonchev–Trinajstić information content (AvgIpc) is 2.45. The maximum Gasteiger partial charge on any atom is 0.253 e. The van der Waals surface area contributed by atoms with Gasteiger partial charge in [-0.25, -0.2) is 0 Å². The van der Waals surface area contributed by atoms with Crippen LogP contribution < -0.4 is 10.3 Å². The maximum atomic E-state index is 11.8. The van der Waals surface area contributed by atoms with E-state index < -0.39 is 0 Å². The summed E-state index contributed by atoms with van der Waals surface area (Å²) in [5, 5.41) is 0.705. The highest BCUT2D eigenvalue weighted by molar-refractivity contribution is 6.30. The van der Waals surface area contributed by atoms with Crippen molar-refractivity contribution in [3.05, 3.63) is 63.5 Å². The number of rotatable bonds is 6. The number of aromatic nitrogens is 1. The number of unbranched alkanes of at least 4 members (excludes halogenated alkanes) is 1. The number of halogens is 1. The Hall–Kier alpha value is -1.74. The molecule has 20 heavy (non-hydrogen) atoms. The minimum atomic E-state index is 0.0890.